The first kappa shape index (κ1) is 14.5. The third-order valence-electron chi connectivity index (χ3n) is 3.04. The lowest BCUT2D eigenvalue weighted by molar-refractivity contribution is 0.0951. The highest BCUT2D eigenvalue weighted by molar-refractivity contribution is 9.10. The summed E-state index contributed by atoms with van der Waals surface area (Å²) >= 11 is 3.33. The monoisotopic (exact) mass is 333 g/mol. The summed E-state index contributed by atoms with van der Waals surface area (Å²) < 4.78 is 0.776. The predicted molar refractivity (Wildman–Crippen MR) is 83.8 cm³/mol. The van der Waals surface area contributed by atoms with Gasteiger partial charge in [0.2, 0.25) is 0 Å². The molecule has 0 unspecified atom stereocenters. The minimum absolute atomic E-state index is 0.147. The normalized spacial score (nSPS) is 10.2. The molecule has 2 rings (SSSR count). The van der Waals surface area contributed by atoms with Crippen molar-refractivity contribution in [2.45, 2.75) is 13.5 Å². The van der Waals surface area contributed by atoms with Crippen LogP contribution >= 0.6 is 15.9 Å². The number of halogens is 1. The van der Waals surface area contributed by atoms with E-state index in [0.717, 1.165) is 15.6 Å². The van der Waals surface area contributed by atoms with E-state index in [9.17, 15) is 4.79 Å². The molecule has 2 N–H and O–H groups in total. The predicted octanol–water partition coefficient (Wildman–Crippen LogP) is 3.12. The third kappa shape index (κ3) is 3.36. The van der Waals surface area contributed by atoms with E-state index in [0.29, 0.717) is 17.9 Å². The maximum Gasteiger partial charge on any atom is 0.255 e. The van der Waals surface area contributed by atoms with Gasteiger partial charge in [-0.1, -0.05) is 24.3 Å². The molecule has 0 fully saturated rings. The van der Waals surface area contributed by atoms with Crippen LogP contribution in [-0.2, 0) is 6.54 Å². The van der Waals surface area contributed by atoms with Gasteiger partial charge in [0.1, 0.15) is 5.82 Å². The SMILES string of the molecule is CNc1ncc(Br)cc1C(=O)NCc1ccccc1C. The number of benzene rings is 1. The van der Waals surface area contributed by atoms with E-state index in [-0.39, 0.29) is 5.91 Å². The molecule has 1 heterocycles. The van der Waals surface area contributed by atoms with E-state index < -0.39 is 0 Å². The first-order valence-corrected chi connectivity index (χ1v) is 7.07. The number of hydrogen-bond donors (Lipinski definition) is 2. The molecule has 20 heavy (non-hydrogen) atoms. The van der Waals surface area contributed by atoms with Gasteiger partial charge in [-0.25, -0.2) is 4.98 Å². The van der Waals surface area contributed by atoms with Crippen LogP contribution in [0.1, 0.15) is 21.5 Å². The number of pyridine rings is 1. The number of nitrogens with zero attached hydrogens (tertiary/aromatic N) is 1. The fourth-order valence-electron chi connectivity index (χ4n) is 1.89. The van der Waals surface area contributed by atoms with Gasteiger partial charge in [-0.2, -0.15) is 0 Å². The van der Waals surface area contributed by atoms with Crippen LogP contribution in [0.2, 0.25) is 0 Å². The number of amides is 1. The maximum absolute atomic E-state index is 12.2. The number of rotatable bonds is 4. The minimum Gasteiger partial charge on any atom is -0.372 e. The first-order valence-electron chi connectivity index (χ1n) is 6.28. The van der Waals surface area contributed by atoms with Crippen molar-refractivity contribution < 1.29 is 4.79 Å². The van der Waals surface area contributed by atoms with Crippen molar-refractivity contribution >= 4 is 27.7 Å². The number of carbonyl (C=O) groups is 1. The molecule has 1 aromatic carbocycles. The third-order valence-corrected chi connectivity index (χ3v) is 3.47. The Morgan fingerprint density at radius 3 is 2.80 bits per heavy atom. The Morgan fingerprint density at radius 2 is 2.10 bits per heavy atom. The number of aryl methyl sites for hydroxylation is 1. The second kappa shape index (κ2) is 6.52. The maximum atomic E-state index is 12.2. The molecule has 0 bridgehead atoms. The van der Waals surface area contributed by atoms with Crippen molar-refractivity contribution in [3.63, 3.8) is 0 Å². The number of nitrogens with one attached hydrogen (secondary N) is 2. The Labute approximate surface area is 126 Å². The zero-order valence-electron chi connectivity index (χ0n) is 11.4. The summed E-state index contributed by atoms with van der Waals surface area (Å²) in [5.74, 6) is 0.418. The summed E-state index contributed by atoms with van der Waals surface area (Å²) in [6.45, 7) is 2.53. The Kier molecular flexibility index (Phi) is 4.74. The van der Waals surface area contributed by atoms with Gasteiger partial charge >= 0.3 is 0 Å². The molecule has 1 amide bonds. The van der Waals surface area contributed by atoms with Crippen LogP contribution in [0.3, 0.4) is 0 Å². The molecule has 0 aliphatic rings. The molecule has 0 aliphatic heterocycles. The summed E-state index contributed by atoms with van der Waals surface area (Å²) in [7, 11) is 1.74. The van der Waals surface area contributed by atoms with Crippen LogP contribution in [0.25, 0.3) is 0 Å². The number of anilines is 1. The van der Waals surface area contributed by atoms with E-state index in [2.05, 4.69) is 31.5 Å². The Bertz CT molecular complexity index is 628. The van der Waals surface area contributed by atoms with Gasteiger partial charge in [-0.3, -0.25) is 4.79 Å². The minimum atomic E-state index is -0.147. The molecule has 2 aromatic rings. The molecule has 1 aromatic heterocycles. The van der Waals surface area contributed by atoms with Crippen molar-refractivity contribution in [3.05, 3.63) is 57.7 Å². The highest BCUT2D eigenvalue weighted by Crippen LogP contribution is 2.17. The van der Waals surface area contributed by atoms with Crippen LogP contribution < -0.4 is 10.6 Å². The molecule has 0 saturated carbocycles. The van der Waals surface area contributed by atoms with Crippen molar-refractivity contribution in [1.29, 1.82) is 0 Å². The molecule has 4 nitrogen and oxygen atoms in total. The Hall–Kier alpha value is -1.88. The van der Waals surface area contributed by atoms with Gasteiger partial charge in [0.05, 0.1) is 5.56 Å². The lowest BCUT2D eigenvalue weighted by atomic mass is 10.1. The molecular formula is C15H16BrN3O. The molecule has 0 radical (unpaired) electrons. The molecule has 0 atom stereocenters. The molecule has 5 heteroatoms. The van der Waals surface area contributed by atoms with E-state index in [1.165, 1.54) is 0 Å². The number of carbonyl (C=O) groups excluding carboxylic acids is 1. The molecule has 0 aliphatic carbocycles. The number of hydrogen-bond acceptors (Lipinski definition) is 3. The fraction of sp³-hybridized carbons (Fsp3) is 0.200. The summed E-state index contributed by atoms with van der Waals surface area (Å²) in [6.07, 6.45) is 1.66. The van der Waals surface area contributed by atoms with E-state index in [1.54, 1.807) is 19.3 Å². The van der Waals surface area contributed by atoms with Gasteiger partial charge in [0.15, 0.2) is 0 Å². The van der Waals surface area contributed by atoms with Gasteiger partial charge in [0, 0.05) is 24.3 Å². The van der Waals surface area contributed by atoms with Crippen LogP contribution in [0.4, 0.5) is 5.82 Å². The van der Waals surface area contributed by atoms with Crippen LogP contribution in [0.15, 0.2) is 41.0 Å². The second-order valence-corrected chi connectivity index (χ2v) is 5.32. The molecular weight excluding hydrogens is 318 g/mol. The topological polar surface area (TPSA) is 54.0 Å². The fourth-order valence-corrected chi connectivity index (χ4v) is 2.22. The summed E-state index contributed by atoms with van der Waals surface area (Å²) in [6, 6.07) is 9.74. The number of aromatic nitrogens is 1. The van der Waals surface area contributed by atoms with Gasteiger partial charge in [0.25, 0.3) is 5.91 Å². The van der Waals surface area contributed by atoms with E-state index >= 15 is 0 Å². The van der Waals surface area contributed by atoms with Gasteiger partial charge in [-0.05, 0) is 40.0 Å². The summed E-state index contributed by atoms with van der Waals surface area (Å²) in [4.78, 5) is 16.4. The lowest BCUT2D eigenvalue weighted by Gasteiger charge is -2.10. The molecule has 0 saturated heterocycles. The zero-order chi connectivity index (χ0) is 14.5. The highest BCUT2D eigenvalue weighted by Gasteiger charge is 2.12. The summed E-state index contributed by atoms with van der Waals surface area (Å²) in [5, 5.41) is 5.84. The van der Waals surface area contributed by atoms with Crippen molar-refractivity contribution in [2.75, 3.05) is 12.4 Å². The smallest absolute Gasteiger partial charge is 0.255 e. The standard InChI is InChI=1S/C15H16BrN3O/c1-10-5-3-4-6-11(10)8-19-15(20)13-7-12(16)9-18-14(13)17-2/h3-7,9H,8H2,1-2H3,(H,17,18)(H,19,20). The van der Waals surface area contributed by atoms with E-state index in [4.69, 9.17) is 0 Å². The largest absolute Gasteiger partial charge is 0.372 e. The van der Waals surface area contributed by atoms with Crippen molar-refractivity contribution in [1.82, 2.24) is 10.3 Å². The van der Waals surface area contributed by atoms with Gasteiger partial charge < -0.3 is 10.6 Å². The van der Waals surface area contributed by atoms with E-state index in [1.807, 2.05) is 31.2 Å². The van der Waals surface area contributed by atoms with Crippen LogP contribution in [0.5, 0.6) is 0 Å². The molecule has 104 valence electrons. The Balaban J connectivity index is 2.13. The van der Waals surface area contributed by atoms with Crippen molar-refractivity contribution in [3.8, 4) is 0 Å². The zero-order valence-corrected chi connectivity index (χ0v) is 13.0. The van der Waals surface area contributed by atoms with Crippen LogP contribution in [-0.4, -0.2) is 17.9 Å². The van der Waals surface area contributed by atoms with Crippen LogP contribution in [0, 0.1) is 6.92 Å². The average Bonchev–Trinajstić information content (AvgIpc) is 2.46. The average molecular weight is 334 g/mol. The molecule has 0 spiro atoms. The first-order chi connectivity index (χ1) is 9.61. The second-order valence-electron chi connectivity index (χ2n) is 4.41. The quantitative estimate of drug-likeness (QED) is 0.903. The van der Waals surface area contributed by atoms with Crippen molar-refractivity contribution in [2.24, 2.45) is 0 Å². The highest BCUT2D eigenvalue weighted by atomic mass is 79.9. The Morgan fingerprint density at radius 1 is 1.35 bits per heavy atom. The lowest BCUT2D eigenvalue weighted by Crippen LogP contribution is -2.24. The summed E-state index contributed by atoms with van der Waals surface area (Å²) in [5.41, 5.74) is 2.79. The van der Waals surface area contributed by atoms with Gasteiger partial charge in [-0.15, -0.1) is 0 Å².